The Morgan fingerprint density at radius 1 is 1.17 bits per heavy atom. The molecule has 1 heterocycles. The maximum atomic E-state index is 12.5. The molecule has 2 amide bonds. The fourth-order valence-electron chi connectivity index (χ4n) is 2.76. The number of benzene rings is 2. The van der Waals surface area contributed by atoms with Gasteiger partial charge in [0.05, 0.1) is 21.7 Å². The van der Waals surface area contributed by atoms with E-state index in [-0.39, 0.29) is 24.8 Å². The highest BCUT2D eigenvalue weighted by atomic mass is 35.5. The number of halogens is 2. The number of para-hydroxylation sites is 1. The zero-order chi connectivity index (χ0) is 17.3. The van der Waals surface area contributed by atoms with Crippen molar-refractivity contribution >= 4 is 46.4 Å². The minimum atomic E-state index is -0.424. The second-order valence-electron chi connectivity index (χ2n) is 5.78. The molecule has 0 radical (unpaired) electrons. The number of carbonyl (C=O) groups excluding carboxylic acids is 2. The number of anilines is 2. The van der Waals surface area contributed by atoms with Crippen LogP contribution in [-0.4, -0.2) is 18.4 Å². The molecule has 4 nitrogen and oxygen atoms in total. The summed E-state index contributed by atoms with van der Waals surface area (Å²) in [7, 11) is 0. The molecular weight excluding hydrogens is 347 g/mol. The Balaban J connectivity index is 1.76. The molecule has 0 spiro atoms. The highest BCUT2D eigenvalue weighted by Gasteiger charge is 2.36. The highest BCUT2D eigenvalue weighted by molar-refractivity contribution is 6.44. The molecule has 0 saturated carbocycles. The summed E-state index contributed by atoms with van der Waals surface area (Å²) < 4.78 is 0. The van der Waals surface area contributed by atoms with Crippen LogP contribution in [0, 0.1) is 12.8 Å². The summed E-state index contributed by atoms with van der Waals surface area (Å²) in [5.41, 5.74) is 2.28. The predicted octanol–water partition coefficient (Wildman–Crippen LogP) is 4.29. The maximum absolute atomic E-state index is 12.5. The number of carbonyl (C=O) groups is 2. The van der Waals surface area contributed by atoms with Gasteiger partial charge < -0.3 is 10.2 Å². The van der Waals surface area contributed by atoms with Gasteiger partial charge in [-0.25, -0.2) is 0 Å². The summed E-state index contributed by atoms with van der Waals surface area (Å²) in [4.78, 5) is 26.3. The van der Waals surface area contributed by atoms with Crippen molar-refractivity contribution in [3.8, 4) is 0 Å². The smallest absolute Gasteiger partial charge is 0.229 e. The number of aryl methyl sites for hydroxylation is 1. The molecule has 2 aromatic rings. The molecule has 24 heavy (non-hydrogen) atoms. The van der Waals surface area contributed by atoms with E-state index in [4.69, 9.17) is 23.2 Å². The monoisotopic (exact) mass is 362 g/mol. The largest absolute Gasteiger partial charge is 0.326 e. The third-order valence-corrected chi connectivity index (χ3v) is 4.93. The van der Waals surface area contributed by atoms with Gasteiger partial charge in [0.1, 0.15) is 0 Å². The Morgan fingerprint density at radius 2 is 1.92 bits per heavy atom. The minimum Gasteiger partial charge on any atom is -0.326 e. The first kappa shape index (κ1) is 16.8. The van der Waals surface area contributed by atoms with E-state index < -0.39 is 5.92 Å². The minimum absolute atomic E-state index is 0.135. The number of nitrogens with zero attached hydrogens (tertiary/aromatic N) is 1. The van der Waals surface area contributed by atoms with E-state index in [2.05, 4.69) is 5.32 Å². The molecule has 3 rings (SSSR count). The lowest BCUT2D eigenvalue weighted by Gasteiger charge is -2.18. The van der Waals surface area contributed by atoms with Gasteiger partial charge in [0, 0.05) is 18.7 Å². The number of hydrogen-bond acceptors (Lipinski definition) is 2. The second kappa shape index (κ2) is 6.83. The number of nitrogens with one attached hydrogen (secondary N) is 1. The molecule has 6 heteroatoms. The van der Waals surface area contributed by atoms with Crippen molar-refractivity contribution in [2.45, 2.75) is 13.3 Å². The first-order chi connectivity index (χ1) is 11.5. The average Bonchev–Trinajstić information content (AvgIpc) is 2.94. The zero-order valence-electron chi connectivity index (χ0n) is 13.1. The van der Waals surface area contributed by atoms with Gasteiger partial charge in [0.15, 0.2) is 0 Å². The van der Waals surface area contributed by atoms with Crippen molar-refractivity contribution in [1.82, 2.24) is 0 Å². The Bertz CT molecular complexity index is 807. The van der Waals surface area contributed by atoms with Crippen molar-refractivity contribution in [2.24, 2.45) is 5.92 Å². The van der Waals surface area contributed by atoms with Crippen LogP contribution in [-0.2, 0) is 9.59 Å². The molecule has 1 aliphatic rings. The van der Waals surface area contributed by atoms with Gasteiger partial charge in [-0.3, -0.25) is 9.59 Å². The lowest BCUT2D eigenvalue weighted by atomic mass is 10.1. The molecule has 1 atom stereocenters. The lowest BCUT2D eigenvalue weighted by Crippen LogP contribution is -2.28. The van der Waals surface area contributed by atoms with Crippen LogP contribution in [0.15, 0.2) is 42.5 Å². The molecule has 1 saturated heterocycles. The summed E-state index contributed by atoms with van der Waals surface area (Å²) in [6.45, 7) is 2.21. The van der Waals surface area contributed by atoms with Crippen LogP contribution in [0.3, 0.4) is 0 Å². The van der Waals surface area contributed by atoms with E-state index in [0.717, 1.165) is 11.3 Å². The topological polar surface area (TPSA) is 49.4 Å². The normalized spacial score (nSPS) is 17.2. The van der Waals surface area contributed by atoms with Crippen LogP contribution in [0.2, 0.25) is 10.0 Å². The highest BCUT2D eigenvalue weighted by Crippen LogP contribution is 2.35. The molecule has 0 unspecified atom stereocenters. The van der Waals surface area contributed by atoms with Crippen molar-refractivity contribution < 1.29 is 9.59 Å². The van der Waals surface area contributed by atoms with Gasteiger partial charge in [-0.2, -0.15) is 0 Å². The van der Waals surface area contributed by atoms with Crippen molar-refractivity contribution in [2.75, 3.05) is 16.8 Å². The Morgan fingerprint density at radius 3 is 2.67 bits per heavy atom. The van der Waals surface area contributed by atoms with E-state index in [9.17, 15) is 9.59 Å². The summed E-state index contributed by atoms with van der Waals surface area (Å²) in [5.74, 6) is -0.727. The first-order valence-electron chi connectivity index (χ1n) is 7.58. The Kier molecular flexibility index (Phi) is 4.78. The fourth-order valence-corrected chi connectivity index (χ4v) is 3.16. The van der Waals surface area contributed by atoms with Gasteiger partial charge in [0.25, 0.3) is 0 Å². The van der Waals surface area contributed by atoms with E-state index in [0.29, 0.717) is 15.7 Å². The molecule has 1 fully saturated rings. The molecule has 1 aliphatic heterocycles. The van der Waals surface area contributed by atoms with Gasteiger partial charge in [0.2, 0.25) is 11.8 Å². The maximum Gasteiger partial charge on any atom is 0.229 e. The Labute approximate surface area is 150 Å². The van der Waals surface area contributed by atoms with E-state index in [1.54, 1.807) is 18.2 Å². The number of rotatable bonds is 3. The third kappa shape index (κ3) is 3.25. The molecule has 0 aliphatic carbocycles. The molecule has 2 aromatic carbocycles. The van der Waals surface area contributed by atoms with Crippen LogP contribution in [0.25, 0.3) is 0 Å². The molecule has 0 aromatic heterocycles. The van der Waals surface area contributed by atoms with Crippen molar-refractivity contribution in [1.29, 1.82) is 0 Å². The quantitative estimate of drug-likeness (QED) is 0.884. The lowest BCUT2D eigenvalue weighted by molar-refractivity contribution is -0.122. The van der Waals surface area contributed by atoms with Gasteiger partial charge in [-0.1, -0.05) is 47.5 Å². The van der Waals surface area contributed by atoms with E-state index in [1.165, 1.54) is 4.90 Å². The first-order valence-corrected chi connectivity index (χ1v) is 8.34. The SMILES string of the molecule is Cc1ccccc1NC(=O)[C@@H]1CC(=O)N(c2cccc(Cl)c2Cl)C1. The third-order valence-electron chi connectivity index (χ3n) is 4.12. The fraction of sp³-hybridized carbons (Fsp3) is 0.222. The molecule has 0 bridgehead atoms. The van der Waals surface area contributed by atoms with Crippen LogP contribution < -0.4 is 10.2 Å². The number of hydrogen-bond donors (Lipinski definition) is 1. The standard InChI is InChI=1S/C18H16Cl2N2O2/c1-11-5-2-3-7-14(11)21-18(24)12-9-16(23)22(10-12)15-8-4-6-13(19)17(15)20/h2-8,12H,9-10H2,1H3,(H,21,24)/t12-/m1/s1. The molecule has 1 N–H and O–H groups in total. The molecular formula is C18H16Cl2N2O2. The molecule has 124 valence electrons. The zero-order valence-corrected chi connectivity index (χ0v) is 14.6. The van der Waals surface area contributed by atoms with Crippen molar-refractivity contribution in [3.05, 3.63) is 58.1 Å². The van der Waals surface area contributed by atoms with Gasteiger partial charge in [-0.05, 0) is 30.7 Å². The summed E-state index contributed by atoms with van der Waals surface area (Å²) in [6, 6.07) is 12.7. The van der Waals surface area contributed by atoms with E-state index in [1.807, 2.05) is 31.2 Å². The summed E-state index contributed by atoms with van der Waals surface area (Å²) in [6.07, 6.45) is 0.153. The number of amides is 2. The van der Waals surface area contributed by atoms with Crippen molar-refractivity contribution in [3.63, 3.8) is 0 Å². The van der Waals surface area contributed by atoms with Crippen LogP contribution in [0.1, 0.15) is 12.0 Å². The predicted molar refractivity (Wildman–Crippen MR) is 96.7 cm³/mol. The van der Waals surface area contributed by atoms with Gasteiger partial charge >= 0.3 is 0 Å². The summed E-state index contributed by atoms with van der Waals surface area (Å²) in [5, 5.41) is 3.60. The van der Waals surface area contributed by atoms with Crippen LogP contribution in [0.5, 0.6) is 0 Å². The summed E-state index contributed by atoms with van der Waals surface area (Å²) >= 11 is 12.2. The second-order valence-corrected chi connectivity index (χ2v) is 6.57. The van der Waals surface area contributed by atoms with E-state index >= 15 is 0 Å². The Hall–Kier alpha value is -2.04. The van der Waals surface area contributed by atoms with Crippen LogP contribution in [0.4, 0.5) is 11.4 Å². The average molecular weight is 363 g/mol. The van der Waals surface area contributed by atoms with Crippen LogP contribution >= 0.6 is 23.2 Å². The van der Waals surface area contributed by atoms with Gasteiger partial charge in [-0.15, -0.1) is 0 Å².